The molecular weight excluding hydrogens is 130 g/mol. The third-order valence-corrected chi connectivity index (χ3v) is 0.592. The fraction of sp³-hybridized carbons (Fsp3) is 0.667. The average Bonchev–Trinajstić information content (AvgIpc) is 1.63. The lowest BCUT2D eigenvalue weighted by Crippen LogP contribution is -2.22. The van der Waals surface area contributed by atoms with Gasteiger partial charge in [0.25, 0.3) is 5.09 Å². The molecule has 0 saturated heterocycles. The first kappa shape index (κ1) is 7.67. The van der Waals surface area contributed by atoms with Crippen molar-refractivity contribution in [1.82, 2.24) is 0 Å². The third-order valence-electron chi connectivity index (χ3n) is 0.592. The molecule has 0 aliphatic carbocycles. The van der Waals surface area contributed by atoms with Gasteiger partial charge in [0.05, 0.1) is 0 Å². The Balaban J connectivity index is 3.63. The maximum atomic E-state index is 9.81. The van der Waals surface area contributed by atoms with Crippen molar-refractivity contribution in [3.8, 4) is 0 Å². The number of hydrogen-bond acceptors (Lipinski definition) is 4. The summed E-state index contributed by atoms with van der Waals surface area (Å²) in [6.07, 6.45) is -1.39. The molecule has 6 heteroatoms. The van der Waals surface area contributed by atoms with Crippen molar-refractivity contribution < 1.29 is 19.8 Å². The molecule has 0 fully saturated rings. The molecule has 0 heterocycles. The minimum atomic E-state index is -1.39. The van der Waals surface area contributed by atoms with Crippen molar-refractivity contribution in [2.24, 2.45) is 0 Å². The highest BCUT2D eigenvalue weighted by atomic mass is 17.0. The summed E-state index contributed by atoms with van der Waals surface area (Å²) in [5.74, 6) is -1.35. The summed E-state index contributed by atoms with van der Waals surface area (Å²) >= 11 is 0. The summed E-state index contributed by atoms with van der Waals surface area (Å²) in [6.45, 7) is 1.07. The molecule has 1 unspecified atom stereocenters. The van der Waals surface area contributed by atoms with Gasteiger partial charge in [-0.2, -0.15) is 0 Å². The lowest BCUT2D eigenvalue weighted by atomic mass is 10.4. The normalized spacial score (nSPS) is 12.1. The van der Waals surface area contributed by atoms with Gasteiger partial charge in [-0.05, 0) is 6.92 Å². The van der Waals surface area contributed by atoms with Crippen LogP contribution in [0.15, 0.2) is 0 Å². The van der Waals surface area contributed by atoms with Crippen LogP contribution in [0.5, 0.6) is 0 Å². The van der Waals surface area contributed by atoms with Crippen LogP contribution in [0.2, 0.25) is 0 Å². The second kappa shape index (κ2) is 2.85. The van der Waals surface area contributed by atoms with E-state index in [1.165, 1.54) is 0 Å². The van der Waals surface area contributed by atoms with E-state index < -0.39 is 17.2 Å². The first-order valence-corrected chi connectivity index (χ1v) is 2.08. The van der Waals surface area contributed by atoms with Crippen LogP contribution < -0.4 is 0 Å². The van der Waals surface area contributed by atoms with Crippen LogP contribution in [0.3, 0.4) is 0 Å². The Hall–Kier alpha value is -1.33. The van der Waals surface area contributed by atoms with Crippen LogP contribution in [-0.4, -0.2) is 22.3 Å². The van der Waals surface area contributed by atoms with Gasteiger partial charge in [0, 0.05) is 0 Å². The van der Waals surface area contributed by atoms with Gasteiger partial charge in [0.15, 0.2) is 0 Å². The van der Waals surface area contributed by atoms with Crippen LogP contribution in [0, 0.1) is 10.1 Å². The molecule has 0 aromatic rings. The van der Waals surface area contributed by atoms with Crippen LogP contribution >= 0.6 is 0 Å². The van der Waals surface area contributed by atoms with Gasteiger partial charge in [-0.3, -0.25) is 4.84 Å². The van der Waals surface area contributed by atoms with Crippen LogP contribution in [0.4, 0.5) is 0 Å². The number of hydrogen-bond donors (Lipinski definition) is 1. The zero-order chi connectivity index (χ0) is 7.44. The Morgan fingerprint density at radius 1 is 1.89 bits per heavy atom. The molecule has 0 radical (unpaired) electrons. The molecule has 0 spiro atoms. The SMILES string of the molecule is CC(O[N+](=O)[O-])C(=O)O. The molecule has 0 aliphatic rings. The fourth-order valence-corrected chi connectivity index (χ4v) is 0.174. The van der Waals surface area contributed by atoms with Crippen molar-refractivity contribution >= 4 is 5.97 Å². The summed E-state index contributed by atoms with van der Waals surface area (Å²) in [6, 6.07) is 0. The van der Waals surface area contributed by atoms with Crippen molar-refractivity contribution in [3.63, 3.8) is 0 Å². The van der Waals surface area contributed by atoms with Crippen molar-refractivity contribution in [1.29, 1.82) is 0 Å². The maximum Gasteiger partial charge on any atom is 0.332 e. The van der Waals surface area contributed by atoms with Crippen molar-refractivity contribution in [2.75, 3.05) is 0 Å². The molecule has 1 N–H and O–H groups in total. The molecule has 0 saturated carbocycles. The number of nitrogens with zero attached hydrogens (tertiary/aromatic N) is 1. The number of carboxylic acid groups (broad SMARTS) is 1. The van der Waals surface area contributed by atoms with E-state index in [0.717, 1.165) is 6.92 Å². The summed E-state index contributed by atoms with van der Waals surface area (Å²) in [5.41, 5.74) is 0. The van der Waals surface area contributed by atoms with E-state index in [9.17, 15) is 14.9 Å². The lowest BCUT2D eigenvalue weighted by molar-refractivity contribution is -0.764. The first-order chi connectivity index (χ1) is 4.04. The van der Waals surface area contributed by atoms with E-state index in [2.05, 4.69) is 4.84 Å². The molecule has 0 amide bonds. The molecule has 0 aromatic carbocycles. The molecule has 6 nitrogen and oxygen atoms in total. The van der Waals surface area contributed by atoms with E-state index in [1.54, 1.807) is 0 Å². The Labute approximate surface area is 50.1 Å². The molecule has 0 aliphatic heterocycles. The van der Waals surface area contributed by atoms with E-state index in [-0.39, 0.29) is 0 Å². The average molecular weight is 135 g/mol. The van der Waals surface area contributed by atoms with Gasteiger partial charge in [-0.1, -0.05) is 0 Å². The third kappa shape index (κ3) is 3.27. The summed E-state index contributed by atoms with van der Waals surface area (Å²) in [4.78, 5) is 22.9. The highest BCUT2D eigenvalue weighted by Crippen LogP contribution is 1.88. The Kier molecular flexibility index (Phi) is 2.43. The van der Waals surface area contributed by atoms with Crippen LogP contribution in [-0.2, 0) is 9.63 Å². The summed E-state index contributed by atoms with van der Waals surface area (Å²) in [5, 5.41) is 16.3. The number of aliphatic carboxylic acids is 1. The molecule has 0 rings (SSSR count). The van der Waals surface area contributed by atoms with Gasteiger partial charge in [-0.25, -0.2) is 4.79 Å². The monoisotopic (exact) mass is 135 g/mol. The Bertz CT molecular complexity index is 132. The second-order valence-electron chi connectivity index (χ2n) is 1.31. The zero-order valence-corrected chi connectivity index (χ0v) is 4.60. The minimum absolute atomic E-state index is 1.07. The van der Waals surface area contributed by atoms with E-state index in [1.807, 2.05) is 0 Å². The highest BCUT2D eigenvalue weighted by Gasteiger charge is 2.13. The Morgan fingerprint density at radius 3 is 2.44 bits per heavy atom. The molecular formula is C3H5NO5. The van der Waals surface area contributed by atoms with Crippen molar-refractivity contribution in [2.45, 2.75) is 13.0 Å². The van der Waals surface area contributed by atoms with Gasteiger partial charge in [0.1, 0.15) is 0 Å². The number of carbonyl (C=O) groups is 1. The van der Waals surface area contributed by atoms with Gasteiger partial charge < -0.3 is 5.11 Å². The largest absolute Gasteiger partial charge is 0.480 e. The first-order valence-electron chi connectivity index (χ1n) is 2.08. The standard InChI is InChI=1S/C3H5NO5/c1-2(3(5)6)9-4(7)8/h2H,1H3,(H,5,6). The molecule has 0 bridgehead atoms. The van der Waals surface area contributed by atoms with E-state index in [4.69, 9.17) is 5.11 Å². The minimum Gasteiger partial charge on any atom is -0.480 e. The van der Waals surface area contributed by atoms with Gasteiger partial charge in [-0.15, -0.1) is 10.1 Å². The number of carboxylic acids is 1. The molecule has 52 valence electrons. The predicted octanol–water partition coefficient (Wildman–Crippen LogP) is -0.332. The molecule has 0 aromatic heterocycles. The second-order valence-corrected chi connectivity index (χ2v) is 1.31. The zero-order valence-electron chi connectivity index (χ0n) is 4.60. The van der Waals surface area contributed by atoms with E-state index in [0.29, 0.717) is 0 Å². The quantitative estimate of drug-likeness (QED) is 0.422. The van der Waals surface area contributed by atoms with Gasteiger partial charge in [0.2, 0.25) is 6.10 Å². The van der Waals surface area contributed by atoms with E-state index >= 15 is 0 Å². The van der Waals surface area contributed by atoms with Crippen molar-refractivity contribution in [3.05, 3.63) is 10.1 Å². The van der Waals surface area contributed by atoms with Crippen LogP contribution in [0.25, 0.3) is 0 Å². The molecule has 9 heavy (non-hydrogen) atoms. The van der Waals surface area contributed by atoms with Gasteiger partial charge >= 0.3 is 5.97 Å². The molecule has 1 atom stereocenters. The fourth-order valence-electron chi connectivity index (χ4n) is 0.174. The lowest BCUT2D eigenvalue weighted by Gasteiger charge is -2.00. The maximum absolute atomic E-state index is 9.81. The topological polar surface area (TPSA) is 89.7 Å². The Morgan fingerprint density at radius 2 is 2.33 bits per heavy atom. The smallest absolute Gasteiger partial charge is 0.332 e. The summed E-state index contributed by atoms with van der Waals surface area (Å²) < 4.78 is 0. The summed E-state index contributed by atoms with van der Waals surface area (Å²) in [7, 11) is 0. The predicted molar refractivity (Wildman–Crippen MR) is 25.2 cm³/mol. The van der Waals surface area contributed by atoms with Crippen LogP contribution in [0.1, 0.15) is 6.92 Å². The highest BCUT2D eigenvalue weighted by molar-refractivity contribution is 5.71. The number of rotatable bonds is 3.